The second kappa shape index (κ2) is 9.02. The van der Waals surface area contributed by atoms with Crippen molar-refractivity contribution in [3.05, 3.63) is 35.9 Å². The van der Waals surface area contributed by atoms with E-state index in [0.29, 0.717) is 0 Å². The highest BCUT2D eigenvalue weighted by molar-refractivity contribution is 5.86. The number of rotatable bonds is 7. The van der Waals surface area contributed by atoms with Crippen molar-refractivity contribution in [2.45, 2.75) is 19.1 Å². The molecule has 1 rings (SSSR count). The molecule has 3 N–H and O–H groups in total. The predicted molar refractivity (Wildman–Crippen MR) is 77.6 cm³/mol. The molecule has 7 nitrogen and oxygen atoms in total. The number of amides is 2. The molecule has 0 aliphatic carbocycles. The van der Waals surface area contributed by atoms with Crippen LogP contribution in [0.15, 0.2) is 30.3 Å². The molecule has 1 aromatic carbocycles. The van der Waals surface area contributed by atoms with Gasteiger partial charge >= 0.3 is 12.1 Å². The van der Waals surface area contributed by atoms with Crippen molar-refractivity contribution in [3.63, 3.8) is 0 Å². The maximum atomic E-state index is 11.5. The summed E-state index contributed by atoms with van der Waals surface area (Å²) in [5.74, 6) is 0.245. The van der Waals surface area contributed by atoms with E-state index in [0.717, 1.165) is 5.56 Å². The van der Waals surface area contributed by atoms with Crippen LogP contribution in [0.25, 0.3) is 0 Å². The number of carboxylic acid groups (broad SMARTS) is 1. The van der Waals surface area contributed by atoms with Crippen LogP contribution in [0.1, 0.15) is 12.0 Å². The molecule has 0 bridgehead atoms. The highest BCUT2D eigenvalue weighted by Gasteiger charge is 2.18. The topological polar surface area (TPSA) is 105 Å². The highest BCUT2D eigenvalue weighted by Crippen LogP contribution is 2.00. The molecule has 7 heteroatoms. The van der Waals surface area contributed by atoms with Gasteiger partial charge in [-0.15, -0.1) is 12.3 Å². The lowest BCUT2D eigenvalue weighted by Crippen LogP contribution is -2.45. The molecule has 2 amide bonds. The maximum Gasteiger partial charge on any atom is 0.407 e. The first-order valence-corrected chi connectivity index (χ1v) is 6.43. The predicted octanol–water partition coefficient (Wildman–Crippen LogP) is 0.505. The number of carboxylic acids is 1. The molecule has 0 fully saturated rings. The van der Waals surface area contributed by atoms with Crippen LogP contribution in [-0.2, 0) is 20.9 Å². The molecule has 0 saturated heterocycles. The van der Waals surface area contributed by atoms with Gasteiger partial charge in [0.25, 0.3) is 0 Å². The number of hydrogen-bond donors (Lipinski definition) is 3. The average molecular weight is 304 g/mol. The van der Waals surface area contributed by atoms with Crippen LogP contribution >= 0.6 is 0 Å². The Balaban J connectivity index is 2.30. The Kier molecular flexibility index (Phi) is 6.99. The van der Waals surface area contributed by atoms with Gasteiger partial charge in [0, 0.05) is 6.42 Å². The standard InChI is InChI=1S/C15H16N2O5/c1-2-6-12(14(19)20)17-13(18)9-16-15(21)22-10-11-7-4-3-5-8-11/h1,3-5,7-8,12H,6,9-10H2,(H,16,21)(H,17,18)(H,19,20)/t12-/m0/s1. The normalized spacial score (nSPS) is 10.9. The van der Waals surface area contributed by atoms with Crippen LogP contribution in [0.2, 0.25) is 0 Å². The second-order valence-corrected chi connectivity index (χ2v) is 4.28. The Morgan fingerprint density at radius 3 is 2.55 bits per heavy atom. The zero-order valence-corrected chi connectivity index (χ0v) is 11.7. The van der Waals surface area contributed by atoms with E-state index in [1.54, 1.807) is 12.1 Å². The summed E-state index contributed by atoms with van der Waals surface area (Å²) in [6.07, 6.45) is 4.09. The highest BCUT2D eigenvalue weighted by atomic mass is 16.5. The molecule has 0 unspecified atom stereocenters. The average Bonchev–Trinajstić information content (AvgIpc) is 2.51. The molecule has 1 atom stereocenters. The third-order valence-electron chi connectivity index (χ3n) is 2.56. The summed E-state index contributed by atoms with van der Waals surface area (Å²) in [5, 5.41) is 13.2. The van der Waals surface area contributed by atoms with Crippen molar-refractivity contribution >= 4 is 18.0 Å². The molecule has 0 heterocycles. The van der Waals surface area contributed by atoms with Crippen molar-refractivity contribution in [2.24, 2.45) is 0 Å². The maximum absolute atomic E-state index is 11.5. The molecule has 0 saturated carbocycles. The third kappa shape index (κ3) is 6.43. The molecule has 1 aromatic rings. The summed E-state index contributed by atoms with van der Waals surface area (Å²) >= 11 is 0. The van der Waals surface area contributed by atoms with Gasteiger partial charge in [0.05, 0.1) is 0 Å². The molecule has 116 valence electrons. The van der Waals surface area contributed by atoms with E-state index in [-0.39, 0.29) is 13.0 Å². The van der Waals surface area contributed by atoms with Gasteiger partial charge in [0.2, 0.25) is 5.91 Å². The summed E-state index contributed by atoms with van der Waals surface area (Å²) in [6.45, 7) is -0.328. The molecular formula is C15H16N2O5. The fraction of sp³-hybridized carbons (Fsp3) is 0.267. The zero-order chi connectivity index (χ0) is 16.4. The van der Waals surface area contributed by atoms with Gasteiger partial charge in [-0.3, -0.25) is 4.79 Å². The largest absolute Gasteiger partial charge is 0.480 e. The van der Waals surface area contributed by atoms with Crippen LogP contribution in [0, 0.1) is 12.3 Å². The Bertz CT molecular complexity index is 565. The van der Waals surface area contributed by atoms with Crippen LogP contribution in [0.3, 0.4) is 0 Å². The van der Waals surface area contributed by atoms with Crippen molar-refractivity contribution in [3.8, 4) is 12.3 Å². The minimum Gasteiger partial charge on any atom is -0.480 e. The molecule has 0 spiro atoms. The fourth-order valence-corrected chi connectivity index (χ4v) is 1.49. The Labute approximate surface area is 127 Å². The first kappa shape index (κ1) is 17.0. The molecule has 0 aromatic heterocycles. The summed E-state index contributed by atoms with van der Waals surface area (Å²) < 4.78 is 4.90. The lowest BCUT2D eigenvalue weighted by atomic mass is 10.2. The van der Waals surface area contributed by atoms with E-state index in [9.17, 15) is 14.4 Å². The van der Waals surface area contributed by atoms with Crippen molar-refractivity contribution in [1.29, 1.82) is 0 Å². The van der Waals surface area contributed by atoms with Gasteiger partial charge < -0.3 is 20.5 Å². The summed E-state index contributed by atoms with van der Waals surface area (Å²) in [6, 6.07) is 7.85. The van der Waals surface area contributed by atoms with E-state index in [1.165, 1.54) is 0 Å². The van der Waals surface area contributed by atoms with Gasteiger partial charge in [0.15, 0.2) is 0 Å². The Morgan fingerprint density at radius 1 is 1.27 bits per heavy atom. The number of alkyl carbamates (subject to hydrolysis) is 1. The second-order valence-electron chi connectivity index (χ2n) is 4.28. The van der Waals surface area contributed by atoms with Crippen LogP contribution in [0.5, 0.6) is 0 Å². The number of carbonyl (C=O) groups excluding carboxylic acids is 2. The van der Waals surface area contributed by atoms with Crippen LogP contribution < -0.4 is 10.6 Å². The van der Waals surface area contributed by atoms with Gasteiger partial charge in [-0.25, -0.2) is 9.59 Å². The van der Waals surface area contributed by atoms with Gasteiger partial charge in [-0.2, -0.15) is 0 Å². The Hall–Kier alpha value is -3.01. The number of carbonyl (C=O) groups is 3. The number of hydrogen-bond acceptors (Lipinski definition) is 4. The van der Waals surface area contributed by atoms with E-state index in [2.05, 4.69) is 16.6 Å². The monoisotopic (exact) mass is 304 g/mol. The van der Waals surface area contributed by atoms with Crippen LogP contribution in [0.4, 0.5) is 4.79 Å². The van der Waals surface area contributed by atoms with Gasteiger partial charge in [0.1, 0.15) is 19.2 Å². The smallest absolute Gasteiger partial charge is 0.407 e. The molecule has 22 heavy (non-hydrogen) atoms. The number of benzene rings is 1. The number of ether oxygens (including phenoxy) is 1. The van der Waals surface area contributed by atoms with Crippen LogP contribution in [-0.4, -0.2) is 35.7 Å². The fourth-order valence-electron chi connectivity index (χ4n) is 1.49. The third-order valence-corrected chi connectivity index (χ3v) is 2.56. The molecule has 0 aliphatic heterocycles. The molecular weight excluding hydrogens is 288 g/mol. The molecule has 0 aliphatic rings. The van der Waals surface area contributed by atoms with Gasteiger partial charge in [-0.05, 0) is 5.56 Å². The first-order valence-electron chi connectivity index (χ1n) is 6.43. The number of nitrogens with one attached hydrogen (secondary N) is 2. The quantitative estimate of drug-likeness (QED) is 0.636. The summed E-state index contributed by atoms with van der Waals surface area (Å²) in [7, 11) is 0. The summed E-state index contributed by atoms with van der Waals surface area (Å²) in [4.78, 5) is 33.7. The number of aliphatic carboxylic acids is 1. The number of terminal acetylenes is 1. The van der Waals surface area contributed by atoms with Gasteiger partial charge in [-0.1, -0.05) is 30.3 Å². The first-order chi connectivity index (χ1) is 10.5. The van der Waals surface area contributed by atoms with Crippen molar-refractivity contribution in [1.82, 2.24) is 10.6 Å². The van der Waals surface area contributed by atoms with E-state index in [1.807, 2.05) is 18.2 Å². The van der Waals surface area contributed by atoms with E-state index >= 15 is 0 Å². The SMILES string of the molecule is C#CC[C@H](NC(=O)CNC(=O)OCc1ccccc1)C(=O)O. The summed E-state index contributed by atoms with van der Waals surface area (Å²) in [5.41, 5.74) is 0.807. The van der Waals surface area contributed by atoms with Crippen molar-refractivity contribution < 1.29 is 24.2 Å². The van der Waals surface area contributed by atoms with Crippen molar-refractivity contribution in [2.75, 3.05) is 6.54 Å². The minimum absolute atomic E-state index is 0.0726. The zero-order valence-electron chi connectivity index (χ0n) is 11.7. The Morgan fingerprint density at radius 2 is 1.95 bits per heavy atom. The van der Waals surface area contributed by atoms with E-state index < -0.39 is 30.6 Å². The van der Waals surface area contributed by atoms with E-state index in [4.69, 9.17) is 16.3 Å². The minimum atomic E-state index is -1.24. The molecule has 0 radical (unpaired) electrons. The lowest BCUT2D eigenvalue weighted by molar-refractivity contribution is -0.141. The lowest BCUT2D eigenvalue weighted by Gasteiger charge is -2.12.